The molecule has 2 amide bonds. The van der Waals surface area contributed by atoms with Crippen LogP contribution in [-0.2, 0) is 9.53 Å². The van der Waals surface area contributed by atoms with E-state index in [4.69, 9.17) is 4.74 Å². The van der Waals surface area contributed by atoms with Crippen molar-refractivity contribution in [3.8, 4) is 0 Å². The van der Waals surface area contributed by atoms with E-state index in [1.807, 2.05) is 0 Å². The van der Waals surface area contributed by atoms with Crippen LogP contribution >= 0.6 is 0 Å². The van der Waals surface area contributed by atoms with Gasteiger partial charge in [0.1, 0.15) is 5.60 Å². The number of rotatable bonds is 4. The number of piperidine rings is 2. The van der Waals surface area contributed by atoms with Crippen LogP contribution in [0.2, 0.25) is 0 Å². The molecule has 3 saturated heterocycles. The average Bonchev–Trinajstić information content (AvgIpc) is 3.10. The molecular formula is C26H43N3O3. The molecule has 1 spiro atoms. The molecule has 3 heterocycles. The maximum absolute atomic E-state index is 13.2. The number of ether oxygens (including phenoxy) is 1. The number of carbonyl (C=O) groups excluding carboxylic acids is 2. The summed E-state index contributed by atoms with van der Waals surface area (Å²) >= 11 is 0. The van der Waals surface area contributed by atoms with E-state index in [1.165, 1.54) is 51.4 Å². The Bertz CT molecular complexity index is 657. The third-order valence-corrected chi connectivity index (χ3v) is 9.28. The van der Waals surface area contributed by atoms with Gasteiger partial charge >= 0.3 is 6.09 Å². The highest BCUT2D eigenvalue weighted by atomic mass is 16.6. The molecule has 0 aromatic heterocycles. The van der Waals surface area contributed by atoms with Gasteiger partial charge in [0.2, 0.25) is 5.91 Å². The van der Waals surface area contributed by atoms with Crippen LogP contribution in [0.15, 0.2) is 0 Å². The predicted molar refractivity (Wildman–Crippen MR) is 124 cm³/mol. The maximum Gasteiger partial charge on any atom is 0.410 e. The molecule has 1 unspecified atom stereocenters. The molecule has 5 rings (SSSR count). The Morgan fingerprint density at radius 2 is 1.53 bits per heavy atom. The van der Waals surface area contributed by atoms with Crippen LogP contribution in [0.25, 0.3) is 0 Å². The number of nitrogens with one attached hydrogen (secondary N) is 1. The molecule has 5 aliphatic rings. The van der Waals surface area contributed by atoms with Crippen LogP contribution in [0.4, 0.5) is 4.79 Å². The normalized spacial score (nSPS) is 30.6. The van der Waals surface area contributed by atoms with Gasteiger partial charge in [0.15, 0.2) is 0 Å². The van der Waals surface area contributed by atoms with Gasteiger partial charge in [-0.3, -0.25) is 4.79 Å². The highest BCUT2D eigenvalue weighted by molar-refractivity contribution is 5.79. The summed E-state index contributed by atoms with van der Waals surface area (Å²) in [6.45, 7) is 4.45. The Kier molecular flexibility index (Phi) is 6.96. The first-order valence-electron chi connectivity index (χ1n) is 13.7. The van der Waals surface area contributed by atoms with E-state index in [2.05, 4.69) is 15.1 Å². The molecule has 1 atom stereocenters. The minimum Gasteiger partial charge on any atom is -0.440 e. The summed E-state index contributed by atoms with van der Waals surface area (Å²) in [5, 5.41) is 3.47. The molecule has 0 radical (unpaired) electrons. The van der Waals surface area contributed by atoms with Crippen LogP contribution in [-0.4, -0.2) is 66.2 Å². The molecule has 5 fully saturated rings. The topological polar surface area (TPSA) is 61.9 Å². The number of nitrogens with zero attached hydrogens (tertiary/aromatic N) is 2. The second-order valence-electron chi connectivity index (χ2n) is 11.3. The van der Waals surface area contributed by atoms with Crippen LogP contribution in [0.5, 0.6) is 0 Å². The van der Waals surface area contributed by atoms with Gasteiger partial charge in [-0.05, 0) is 63.5 Å². The Balaban J connectivity index is 1.28. The van der Waals surface area contributed by atoms with E-state index < -0.39 is 0 Å². The molecule has 0 aromatic rings. The molecule has 2 saturated carbocycles. The molecule has 6 heteroatoms. The predicted octanol–water partition coefficient (Wildman–Crippen LogP) is 4.33. The Morgan fingerprint density at radius 1 is 0.906 bits per heavy atom. The summed E-state index contributed by atoms with van der Waals surface area (Å²) in [6, 6.07) is 0.186. The first-order chi connectivity index (χ1) is 15.7. The van der Waals surface area contributed by atoms with Gasteiger partial charge in [0, 0.05) is 38.4 Å². The van der Waals surface area contributed by atoms with Gasteiger partial charge in [0.25, 0.3) is 0 Å². The molecular weight excluding hydrogens is 402 g/mol. The fraction of sp³-hybridized carbons (Fsp3) is 0.923. The fourth-order valence-corrected chi connectivity index (χ4v) is 7.50. The summed E-state index contributed by atoms with van der Waals surface area (Å²) in [6.07, 6.45) is 16.1. The summed E-state index contributed by atoms with van der Waals surface area (Å²) in [7, 11) is 0. The standard InChI is InChI=1S/C26H43N3O3/c30-24(22-9-5-2-6-10-22)28-17-11-21(12-18-28)23-26(13-15-27-16-14-26)32-25(31)29(23)19-20-7-3-1-4-8-20/h20-23,27H,1-19H2. The van der Waals surface area contributed by atoms with Crippen LogP contribution < -0.4 is 5.32 Å². The zero-order chi connectivity index (χ0) is 22.0. The molecule has 6 nitrogen and oxygen atoms in total. The summed E-state index contributed by atoms with van der Waals surface area (Å²) in [4.78, 5) is 30.6. The van der Waals surface area contributed by atoms with Crippen molar-refractivity contribution < 1.29 is 14.3 Å². The minimum atomic E-state index is -0.322. The largest absolute Gasteiger partial charge is 0.440 e. The van der Waals surface area contributed by atoms with Gasteiger partial charge in [-0.2, -0.15) is 0 Å². The summed E-state index contributed by atoms with van der Waals surface area (Å²) < 4.78 is 6.25. The highest BCUT2D eigenvalue weighted by Gasteiger charge is 2.57. The van der Waals surface area contributed by atoms with Crippen molar-refractivity contribution in [1.82, 2.24) is 15.1 Å². The smallest absolute Gasteiger partial charge is 0.410 e. The average molecular weight is 446 g/mol. The van der Waals surface area contributed by atoms with Crippen molar-refractivity contribution in [3.63, 3.8) is 0 Å². The Hall–Kier alpha value is -1.30. The third-order valence-electron chi connectivity index (χ3n) is 9.28. The van der Waals surface area contributed by atoms with Gasteiger partial charge in [-0.25, -0.2) is 4.79 Å². The van der Waals surface area contributed by atoms with Gasteiger partial charge in [0.05, 0.1) is 6.04 Å². The lowest BCUT2D eigenvalue weighted by molar-refractivity contribution is -0.138. The van der Waals surface area contributed by atoms with E-state index in [0.717, 1.165) is 71.2 Å². The number of hydrogen-bond acceptors (Lipinski definition) is 4. The van der Waals surface area contributed by atoms with Crippen molar-refractivity contribution >= 4 is 12.0 Å². The van der Waals surface area contributed by atoms with Crippen molar-refractivity contribution in [1.29, 1.82) is 0 Å². The molecule has 1 N–H and O–H groups in total. The van der Waals surface area contributed by atoms with Crippen molar-refractivity contribution in [3.05, 3.63) is 0 Å². The van der Waals surface area contributed by atoms with Gasteiger partial charge < -0.3 is 19.9 Å². The monoisotopic (exact) mass is 445 g/mol. The maximum atomic E-state index is 13.2. The first-order valence-corrected chi connectivity index (χ1v) is 13.7. The lowest BCUT2D eigenvalue weighted by Gasteiger charge is -2.45. The van der Waals surface area contributed by atoms with E-state index in [0.29, 0.717) is 17.7 Å². The first kappa shape index (κ1) is 22.5. The van der Waals surface area contributed by atoms with Crippen molar-refractivity contribution in [2.24, 2.45) is 17.8 Å². The molecule has 180 valence electrons. The Morgan fingerprint density at radius 3 is 2.19 bits per heavy atom. The second-order valence-corrected chi connectivity index (χ2v) is 11.3. The Labute approximate surface area is 193 Å². The molecule has 0 bridgehead atoms. The highest BCUT2D eigenvalue weighted by Crippen LogP contribution is 2.44. The van der Waals surface area contributed by atoms with Crippen molar-refractivity contribution in [2.75, 3.05) is 32.7 Å². The minimum absolute atomic E-state index is 0.0665. The number of hydrogen-bond donors (Lipinski definition) is 1. The molecule has 0 aromatic carbocycles. The number of likely N-dealkylation sites (tertiary alicyclic amines) is 1. The fourth-order valence-electron chi connectivity index (χ4n) is 7.50. The lowest BCUT2D eigenvalue weighted by atomic mass is 9.74. The quantitative estimate of drug-likeness (QED) is 0.700. The molecule has 32 heavy (non-hydrogen) atoms. The van der Waals surface area contributed by atoms with E-state index >= 15 is 0 Å². The van der Waals surface area contributed by atoms with E-state index in [-0.39, 0.29) is 23.7 Å². The van der Waals surface area contributed by atoms with E-state index in [1.54, 1.807) is 0 Å². The SMILES string of the molecule is O=C(C1CCCCC1)N1CCC(C2N(CC3CCCCC3)C(=O)OC23CCNCC3)CC1. The number of amides is 2. The van der Waals surface area contributed by atoms with E-state index in [9.17, 15) is 9.59 Å². The molecule has 2 aliphatic carbocycles. The zero-order valence-corrected chi connectivity index (χ0v) is 19.9. The van der Waals surface area contributed by atoms with Crippen LogP contribution in [0.1, 0.15) is 89.9 Å². The lowest BCUT2D eigenvalue weighted by Crippen LogP contribution is -2.57. The summed E-state index contributed by atoms with van der Waals surface area (Å²) in [5.74, 6) is 1.73. The third kappa shape index (κ3) is 4.53. The van der Waals surface area contributed by atoms with Gasteiger partial charge in [-0.15, -0.1) is 0 Å². The van der Waals surface area contributed by atoms with Crippen LogP contribution in [0, 0.1) is 17.8 Å². The number of carbonyl (C=O) groups is 2. The zero-order valence-electron chi connectivity index (χ0n) is 19.9. The van der Waals surface area contributed by atoms with Gasteiger partial charge in [-0.1, -0.05) is 38.5 Å². The van der Waals surface area contributed by atoms with Crippen molar-refractivity contribution in [2.45, 2.75) is 102 Å². The molecule has 3 aliphatic heterocycles. The second kappa shape index (κ2) is 9.90. The summed E-state index contributed by atoms with van der Waals surface area (Å²) in [5.41, 5.74) is -0.322. The van der Waals surface area contributed by atoms with Crippen LogP contribution in [0.3, 0.4) is 0 Å².